The second-order valence-electron chi connectivity index (χ2n) is 7.24. The molecule has 0 saturated carbocycles. The van der Waals surface area contributed by atoms with Crippen LogP contribution in [-0.2, 0) is 4.79 Å². The van der Waals surface area contributed by atoms with Crippen LogP contribution in [0.3, 0.4) is 0 Å². The van der Waals surface area contributed by atoms with Crippen molar-refractivity contribution in [2.24, 2.45) is 0 Å². The van der Waals surface area contributed by atoms with Crippen molar-refractivity contribution in [2.45, 2.75) is 19.0 Å². The van der Waals surface area contributed by atoms with Crippen molar-refractivity contribution in [1.82, 2.24) is 14.8 Å². The summed E-state index contributed by atoms with van der Waals surface area (Å²) in [5.41, 5.74) is 4.71. The van der Waals surface area contributed by atoms with Crippen molar-refractivity contribution >= 4 is 23.4 Å². The molecule has 0 aliphatic rings. The largest absolute Gasteiger partial charge is 0.508 e. The predicted molar refractivity (Wildman–Crippen MR) is 124 cm³/mol. The highest BCUT2D eigenvalue weighted by atomic mass is 32.2. The van der Waals surface area contributed by atoms with Gasteiger partial charge in [0.2, 0.25) is 5.91 Å². The smallest absolute Gasteiger partial charge is 0.234 e. The molecule has 2 N–H and O–H groups in total. The van der Waals surface area contributed by atoms with Crippen molar-refractivity contribution in [3.63, 3.8) is 0 Å². The van der Waals surface area contributed by atoms with Crippen LogP contribution < -0.4 is 5.32 Å². The highest BCUT2D eigenvalue weighted by Crippen LogP contribution is 2.29. The summed E-state index contributed by atoms with van der Waals surface area (Å²) in [5.74, 6) is 0.924. The van der Waals surface area contributed by atoms with Gasteiger partial charge in [-0.2, -0.15) is 0 Å². The molecule has 1 aromatic heterocycles. The topological polar surface area (TPSA) is 80.0 Å². The van der Waals surface area contributed by atoms with E-state index in [2.05, 4.69) is 21.6 Å². The molecule has 0 spiro atoms. The van der Waals surface area contributed by atoms with Gasteiger partial charge in [-0.15, -0.1) is 10.2 Å². The van der Waals surface area contributed by atoms with E-state index in [1.165, 1.54) is 11.8 Å². The summed E-state index contributed by atoms with van der Waals surface area (Å²) in [5, 5.41) is 21.9. The Bertz CT molecular complexity index is 1180. The second kappa shape index (κ2) is 9.06. The lowest BCUT2D eigenvalue weighted by molar-refractivity contribution is -0.113. The molecule has 31 heavy (non-hydrogen) atoms. The summed E-state index contributed by atoms with van der Waals surface area (Å²) in [6, 6.07) is 22.5. The number of carbonyl (C=O) groups is 1. The third-order valence-corrected chi connectivity index (χ3v) is 5.54. The number of phenols is 1. The normalized spacial score (nSPS) is 10.8. The first kappa shape index (κ1) is 20.7. The number of nitrogens with one attached hydrogen (secondary N) is 1. The highest BCUT2D eigenvalue weighted by Gasteiger charge is 2.17. The molecule has 7 heteroatoms. The van der Waals surface area contributed by atoms with Crippen LogP contribution in [0, 0.1) is 13.8 Å². The first-order chi connectivity index (χ1) is 15.0. The minimum atomic E-state index is -0.108. The summed E-state index contributed by atoms with van der Waals surface area (Å²) in [6.07, 6.45) is 0. The molecule has 156 valence electrons. The van der Waals surface area contributed by atoms with Gasteiger partial charge in [0, 0.05) is 16.9 Å². The molecular weight excluding hydrogens is 408 g/mol. The Kier molecular flexibility index (Phi) is 6.04. The Morgan fingerprint density at radius 3 is 2.32 bits per heavy atom. The highest BCUT2D eigenvalue weighted by molar-refractivity contribution is 7.99. The van der Waals surface area contributed by atoms with Gasteiger partial charge >= 0.3 is 0 Å². The van der Waals surface area contributed by atoms with Crippen molar-refractivity contribution in [2.75, 3.05) is 11.1 Å². The number of carbonyl (C=O) groups excluding carboxylic acids is 1. The first-order valence-electron chi connectivity index (χ1n) is 9.81. The van der Waals surface area contributed by atoms with E-state index in [-0.39, 0.29) is 17.4 Å². The maximum Gasteiger partial charge on any atom is 0.234 e. The molecule has 0 bridgehead atoms. The minimum absolute atomic E-state index is 0.108. The number of thioether (sulfide) groups is 1. The van der Waals surface area contributed by atoms with Gasteiger partial charge in [0.15, 0.2) is 11.0 Å². The zero-order valence-electron chi connectivity index (χ0n) is 17.2. The van der Waals surface area contributed by atoms with E-state index >= 15 is 0 Å². The zero-order valence-corrected chi connectivity index (χ0v) is 18.1. The van der Waals surface area contributed by atoms with E-state index in [0.717, 1.165) is 28.1 Å². The van der Waals surface area contributed by atoms with Crippen LogP contribution >= 0.6 is 11.8 Å². The van der Waals surface area contributed by atoms with Crippen molar-refractivity contribution in [1.29, 1.82) is 0 Å². The zero-order chi connectivity index (χ0) is 21.8. The van der Waals surface area contributed by atoms with Gasteiger partial charge in [-0.05, 0) is 73.5 Å². The molecule has 1 heterocycles. The van der Waals surface area contributed by atoms with Gasteiger partial charge in [-0.1, -0.05) is 36.0 Å². The number of amides is 1. The third-order valence-electron chi connectivity index (χ3n) is 4.61. The van der Waals surface area contributed by atoms with Gasteiger partial charge in [0.05, 0.1) is 5.75 Å². The van der Waals surface area contributed by atoms with Crippen LogP contribution in [0.1, 0.15) is 11.1 Å². The molecule has 4 aromatic rings. The molecular formula is C24H22N4O2S. The Labute approximate surface area is 185 Å². The number of phenolic OH excluding ortho intramolecular Hbond substituents is 1. The standard InChI is InChI=1S/C24H22N4O2S/c1-16-12-17(2)14-19(13-16)25-22(30)15-31-24-27-26-23(18-8-10-21(29)11-9-18)28(24)20-6-4-3-5-7-20/h3-14,29H,15H2,1-2H3,(H,25,30). The van der Waals surface area contributed by atoms with Crippen LogP contribution in [-0.4, -0.2) is 31.5 Å². The maximum absolute atomic E-state index is 12.6. The van der Waals surface area contributed by atoms with Gasteiger partial charge < -0.3 is 10.4 Å². The summed E-state index contributed by atoms with van der Waals surface area (Å²) in [7, 11) is 0. The Morgan fingerprint density at radius 1 is 0.968 bits per heavy atom. The molecule has 6 nitrogen and oxygen atoms in total. The van der Waals surface area contributed by atoms with Crippen LogP contribution in [0.15, 0.2) is 78.0 Å². The lowest BCUT2D eigenvalue weighted by Gasteiger charge is -2.11. The average Bonchev–Trinajstić information content (AvgIpc) is 3.16. The number of benzene rings is 3. The fourth-order valence-electron chi connectivity index (χ4n) is 3.34. The molecule has 0 radical (unpaired) electrons. The van der Waals surface area contributed by atoms with Gasteiger partial charge in [-0.3, -0.25) is 9.36 Å². The number of hydrogen-bond donors (Lipinski definition) is 2. The molecule has 3 aromatic carbocycles. The Morgan fingerprint density at radius 2 is 1.65 bits per heavy atom. The van der Waals surface area contributed by atoms with E-state index in [1.54, 1.807) is 24.3 Å². The average molecular weight is 431 g/mol. The second-order valence-corrected chi connectivity index (χ2v) is 8.18. The quantitative estimate of drug-likeness (QED) is 0.421. The molecule has 0 unspecified atom stereocenters. The predicted octanol–water partition coefficient (Wildman–Crippen LogP) is 4.99. The van der Waals surface area contributed by atoms with Gasteiger partial charge in [-0.25, -0.2) is 0 Å². The minimum Gasteiger partial charge on any atom is -0.508 e. The van der Waals surface area contributed by atoms with E-state index in [0.29, 0.717) is 11.0 Å². The monoisotopic (exact) mass is 430 g/mol. The number of aromatic hydroxyl groups is 1. The number of aryl methyl sites for hydroxylation is 2. The SMILES string of the molecule is Cc1cc(C)cc(NC(=O)CSc2nnc(-c3ccc(O)cc3)n2-c2ccccc2)c1. The number of rotatable bonds is 6. The summed E-state index contributed by atoms with van der Waals surface area (Å²) in [6.45, 7) is 4.01. The molecule has 0 saturated heterocycles. The Hall–Kier alpha value is -3.58. The number of para-hydroxylation sites is 1. The fraction of sp³-hybridized carbons (Fsp3) is 0.125. The lowest BCUT2D eigenvalue weighted by atomic mass is 10.1. The number of hydrogen-bond acceptors (Lipinski definition) is 5. The molecule has 0 atom stereocenters. The van der Waals surface area contributed by atoms with Crippen molar-refractivity contribution in [3.05, 3.63) is 83.9 Å². The maximum atomic E-state index is 12.6. The van der Waals surface area contributed by atoms with Crippen molar-refractivity contribution < 1.29 is 9.90 Å². The summed E-state index contributed by atoms with van der Waals surface area (Å²) in [4.78, 5) is 12.6. The molecule has 1 amide bonds. The van der Waals surface area contributed by atoms with E-state index in [9.17, 15) is 9.90 Å². The van der Waals surface area contributed by atoms with Crippen LogP contribution in [0.5, 0.6) is 5.75 Å². The van der Waals surface area contributed by atoms with Crippen LogP contribution in [0.4, 0.5) is 5.69 Å². The van der Waals surface area contributed by atoms with Crippen LogP contribution in [0.25, 0.3) is 17.1 Å². The third kappa shape index (κ3) is 4.95. The van der Waals surface area contributed by atoms with Gasteiger partial charge in [0.25, 0.3) is 0 Å². The van der Waals surface area contributed by atoms with E-state index < -0.39 is 0 Å². The molecule has 0 fully saturated rings. The lowest BCUT2D eigenvalue weighted by Crippen LogP contribution is -2.14. The number of nitrogens with zero attached hydrogens (tertiary/aromatic N) is 3. The molecule has 0 aliphatic heterocycles. The molecule has 0 aliphatic carbocycles. The van der Waals surface area contributed by atoms with Crippen LogP contribution in [0.2, 0.25) is 0 Å². The summed E-state index contributed by atoms with van der Waals surface area (Å²) < 4.78 is 1.92. The first-order valence-corrected chi connectivity index (χ1v) is 10.8. The van der Waals surface area contributed by atoms with Crippen molar-refractivity contribution in [3.8, 4) is 22.8 Å². The Balaban J connectivity index is 1.58. The summed E-state index contributed by atoms with van der Waals surface area (Å²) >= 11 is 1.32. The molecule has 4 rings (SSSR count). The number of anilines is 1. The fourth-order valence-corrected chi connectivity index (χ4v) is 4.10. The van der Waals surface area contributed by atoms with E-state index in [1.807, 2.05) is 60.9 Å². The van der Waals surface area contributed by atoms with Gasteiger partial charge in [0.1, 0.15) is 5.75 Å². The van der Waals surface area contributed by atoms with E-state index in [4.69, 9.17) is 0 Å². The number of aromatic nitrogens is 3.